The van der Waals surface area contributed by atoms with Crippen LogP contribution in [0.3, 0.4) is 0 Å². The fourth-order valence-electron chi connectivity index (χ4n) is 2.39. The lowest BCUT2D eigenvalue weighted by molar-refractivity contribution is 0.364. The van der Waals surface area contributed by atoms with Crippen molar-refractivity contribution in [3.05, 3.63) is 47.3 Å². The first-order valence-corrected chi connectivity index (χ1v) is 7.56. The zero-order valence-electron chi connectivity index (χ0n) is 13.3. The van der Waals surface area contributed by atoms with Gasteiger partial charge < -0.3 is 10.1 Å². The van der Waals surface area contributed by atoms with Gasteiger partial charge in [0.15, 0.2) is 0 Å². The number of hydrogen-bond acceptors (Lipinski definition) is 3. The van der Waals surface area contributed by atoms with Crippen molar-refractivity contribution in [2.45, 2.75) is 33.4 Å². The van der Waals surface area contributed by atoms with Crippen LogP contribution in [0.5, 0.6) is 5.75 Å². The van der Waals surface area contributed by atoms with Gasteiger partial charge in [0.2, 0.25) is 0 Å². The second-order valence-corrected chi connectivity index (χ2v) is 5.28. The van der Waals surface area contributed by atoms with Gasteiger partial charge in [0.25, 0.3) is 0 Å². The first kappa shape index (κ1) is 16.1. The summed E-state index contributed by atoms with van der Waals surface area (Å²) >= 11 is 0. The third-order valence-corrected chi connectivity index (χ3v) is 3.43. The number of hydrogen-bond donors (Lipinski definition) is 1. The van der Waals surface area contributed by atoms with Crippen LogP contribution < -0.4 is 10.1 Å². The van der Waals surface area contributed by atoms with Gasteiger partial charge in [-0.15, -0.1) is 6.42 Å². The SMILES string of the molecule is C#CCOc1ccccc1CNCCCn1nc(C)cc1C. The number of rotatable bonds is 8. The second-order valence-electron chi connectivity index (χ2n) is 5.28. The Morgan fingerprint density at radius 2 is 2.14 bits per heavy atom. The van der Waals surface area contributed by atoms with E-state index in [2.05, 4.69) is 40.1 Å². The molecule has 0 spiro atoms. The van der Waals surface area contributed by atoms with Gasteiger partial charge in [-0.05, 0) is 38.9 Å². The number of terminal acetylenes is 1. The third-order valence-electron chi connectivity index (χ3n) is 3.43. The fraction of sp³-hybridized carbons (Fsp3) is 0.389. The van der Waals surface area contributed by atoms with Gasteiger partial charge >= 0.3 is 0 Å². The number of nitrogens with one attached hydrogen (secondary N) is 1. The van der Waals surface area contributed by atoms with Gasteiger partial charge in [-0.1, -0.05) is 24.1 Å². The maximum absolute atomic E-state index is 5.54. The third kappa shape index (κ3) is 4.64. The highest BCUT2D eigenvalue weighted by Crippen LogP contribution is 2.17. The lowest BCUT2D eigenvalue weighted by atomic mass is 10.2. The van der Waals surface area contributed by atoms with Crippen molar-refractivity contribution in [1.29, 1.82) is 0 Å². The molecule has 116 valence electrons. The van der Waals surface area contributed by atoms with Crippen molar-refractivity contribution in [3.8, 4) is 18.1 Å². The summed E-state index contributed by atoms with van der Waals surface area (Å²) in [6, 6.07) is 10.1. The summed E-state index contributed by atoms with van der Waals surface area (Å²) in [7, 11) is 0. The Morgan fingerprint density at radius 1 is 1.32 bits per heavy atom. The summed E-state index contributed by atoms with van der Waals surface area (Å²) in [6.07, 6.45) is 6.27. The molecule has 4 heteroatoms. The van der Waals surface area contributed by atoms with Crippen LogP contribution in [0, 0.1) is 26.2 Å². The number of aryl methyl sites for hydroxylation is 3. The van der Waals surface area contributed by atoms with Crippen molar-refractivity contribution in [2.24, 2.45) is 0 Å². The van der Waals surface area contributed by atoms with Gasteiger partial charge in [-0.3, -0.25) is 4.68 Å². The van der Waals surface area contributed by atoms with Crippen molar-refractivity contribution in [1.82, 2.24) is 15.1 Å². The van der Waals surface area contributed by atoms with Crippen molar-refractivity contribution in [2.75, 3.05) is 13.2 Å². The first-order chi connectivity index (χ1) is 10.7. The molecule has 22 heavy (non-hydrogen) atoms. The molecule has 0 aliphatic heterocycles. The molecule has 0 saturated heterocycles. The molecule has 0 amide bonds. The molecule has 1 heterocycles. The number of para-hydroxylation sites is 1. The topological polar surface area (TPSA) is 39.1 Å². The maximum atomic E-state index is 5.54. The molecule has 0 aliphatic rings. The van der Waals surface area contributed by atoms with Crippen molar-refractivity contribution < 1.29 is 4.74 Å². The minimum atomic E-state index is 0.301. The van der Waals surface area contributed by atoms with Gasteiger partial charge in [-0.2, -0.15) is 5.10 Å². The molecule has 2 aromatic rings. The first-order valence-electron chi connectivity index (χ1n) is 7.56. The van der Waals surface area contributed by atoms with E-state index in [1.807, 2.05) is 25.1 Å². The second kappa shape index (κ2) is 8.26. The van der Waals surface area contributed by atoms with E-state index in [9.17, 15) is 0 Å². The predicted molar refractivity (Wildman–Crippen MR) is 88.8 cm³/mol. The molecule has 0 radical (unpaired) electrons. The number of aromatic nitrogens is 2. The monoisotopic (exact) mass is 297 g/mol. The van der Waals surface area contributed by atoms with Gasteiger partial charge in [0.1, 0.15) is 12.4 Å². The van der Waals surface area contributed by atoms with Crippen molar-refractivity contribution in [3.63, 3.8) is 0 Å². The van der Waals surface area contributed by atoms with Crippen LogP contribution in [-0.4, -0.2) is 22.9 Å². The smallest absolute Gasteiger partial charge is 0.148 e. The van der Waals surface area contributed by atoms with E-state index >= 15 is 0 Å². The van der Waals surface area contributed by atoms with E-state index in [-0.39, 0.29) is 0 Å². The van der Waals surface area contributed by atoms with Crippen LogP contribution in [-0.2, 0) is 13.1 Å². The average molecular weight is 297 g/mol. The van der Waals surface area contributed by atoms with E-state index in [4.69, 9.17) is 11.2 Å². The summed E-state index contributed by atoms with van der Waals surface area (Å²) in [5.74, 6) is 3.35. The minimum absolute atomic E-state index is 0.301. The Balaban J connectivity index is 1.75. The standard InChI is InChI=1S/C18H23N3O/c1-4-12-22-18-9-6-5-8-17(18)14-19-10-7-11-21-16(3)13-15(2)20-21/h1,5-6,8-9,13,19H,7,10-12,14H2,2-3H3. The van der Waals surface area contributed by atoms with Crippen molar-refractivity contribution >= 4 is 0 Å². The van der Waals surface area contributed by atoms with E-state index in [1.54, 1.807) is 0 Å². The zero-order valence-corrected chi connectivity index (χ0v) is 13.3. The summed E-state index contributed by atoms with van der Waals surface area (Å²) < 4.78 is 7.60. The average Bonchev–Trinajstić information content (AvgIpc) is 2.83. The molecule has 0 fully saturated rings. The maximum Gasteiger partial charge on any atom is 0.148 e. The molecule has 1 aromatic heterocycles. The Labute approximate surface area is 132 Å². The number of benzene rings is 1. The molecule has 0 unspecified atom stereocenters. The van der Waals surface area contributed by atoms with E-state index in [0.717, 1.165) is 43.1 Å². The Morgan fingerprint density at radius 3 is 2.86 bits per heavy atom. The van der Waals surface area contributed by atoms with Gasteiger partial charge in [-0.25, -0.2) is 0 Å². The Kier molecular flexibility index (Phi) is 6.05. The van der Waals surface area contributed by atoms with Gasteiger partial charge in [0, 0.05) is 24.3 Å². The highest BCUT2D eigenvalue weighted by Gasteiger charge is 2.03. The quantitative estimate of drug-likeness (QED) is 0.601. The highest BCUT2D eigenvalue weighted by atomic mass is 16.5. The molecular formula is C18H23N3O. The highest BCUT2D eigenvalue weighted by molar-refractivity contribution is 5.33. The number of ether oxygens (including phenoxy) is 1. The Bertz CT molecular complexity index is 640. The summed E-state index contributed by atoms with van der Waals surface area (Å²) in [5.41, 5.74) is 3.42. The zero-order chi connectivity index (χ0) is 15.8. The lowest BCUT2D eigenvalue weighted by Gasteiger charge is -2.11. The van der Waals surface area contributed by atoms with E-state index in [0.29, 0.717) is 6.61 Å². The molecule has 1 aromatic carbocycles. The molecule has 0 saturated carbocycles. The van der Waals surface area contributed by atoms with Crippen LogP contribution in [0.4, 0.5) is 0 Å². The largest absolute Gasteiger partial charge is 0.481 e. The lowest BCUT2D eigenvalue weighted by Crippen LogP contribution is -2.17. The van der Waals surface area contributed by atoms with Crippen LogP contribution in [0.25, 0.3) is 0 Å². The summed E-state index contributed by atoms with van der Waals surface area (Å²) in [5, 5.41) is 7.91. The molecule has 4 nitrogen and oxygen atoms in total. The molecule has 0 bridgehead atoms. The van der Waals surface area contributed by atoms with Crippen LogP contribution in [0.2, 0.25) is 0 Å². The van der Waals surface area contributed by atoms with E-state index < -0.39 is 0 Å². The Hall–Kier alpha value is -2.25. The fourth-order valence-corrected chi connectivity index (χ4v) is 2.39. The molecule has 0 aliphatic carbocycles. The van der Waals surface area contributed by atoms with Gasteiger partial charge in [0.05, 0.1) is 5.69 Å². The van der Waals surface area contributed by atoms with Crippen LogP contribution >= 0.6 is 0 Å². The van der Waals surface area contributed by atoms with Crippen LogP contribution in [0.1, 0.15) is 23.4 Å². The normalized spacial score (nSPS) is 10.4. The molecule has 2 rings (SSSR count). The van der Waals surface area contributed by atoms with E-state index in [1.165, 1.54) is 5.69 Å². The van der Waals surface area contributed by atoms with Crippen LogP contribution in [0.15, 0.2) is 30.3 Å². The minimum Gasteiger partial charge on any atom is -0.481 e. The predicted octanol–water partition coefficient (Wildman–Crippen LogP) is 2.69. The molecular weight excluding hydrogens is 274 g/mol. The number of nitrogens with zero attached hydrogens (tertiary/aromatic N) is 2. The summed E-state index contributed by atoms with van der Waals surface area (Å²) in [6.45, 7) is 7.05. The molecule has 0 atom stereocenters. The molecule has 1 N–H and O–H groups in total. The summed E-state index contributed by atoms with van der Waals surface area (Å²) in [4.78, 5) is 0.